The van der Waals surface area contributed by atoms with Gasteiger partial charge in [-0.05, 0) is 18.8 Å². The van der Waals surface area contributed by atoms with E-state index in [-0.39, 0.29) is 11.4 Å². The van der Waals surface area contributed by atoms with E-state index in [1.54, 1.807) is 4.90 Å². The first-order valence-electron chi connectivity index (χ1n) is 3.95. The highest BCUT2D eigenvalue weighted by molar-refractivity contribution is 5.83. The summed E-state index contributed by atoms with van der Waals surface area (Å²) in [4.78, 5) is 23.4. The second-order valence-corrected chi connectivity index (χ2v) is 3.47. The van der Waals surface area contributed by atoms with E-state index in [4.69, 9.17) is 0 Å². The summed E-state index contributed by atoms with van der Waals surface area (Å²) in [5.74, 6) is 0.515. The fraction of sp³-hybridized carbons (Fsp3) is 0.750. The number of likely N-dealkylation sites (tertiary alicyclic amines) is 1. The van der Waals surface area contributed by atoms with Crippen molar-refractivity contribution < 1.29 is 9.59 Å². The molecule has 60 valence electrons. The topological polar surface area (TPSA) is 37.4 Å². The van der Waals surface area contributed by atoms with Gasteiger partial charge in [-0.1, -0.05) is 0 Å². The minimum absolute atomic E-state index is 0.0390. The third-order valence-electron chi connectivity index (χ3n) is 2.91. The lowest BCUT2D eigenvalue weighted by Gasteiger charge is -2.21. The van der Waals surface area contributed by atoms with E-state index >= 15 is 0 Å². The van der Waals surface area contributed by atoms with Crippen molar-refractivity contribution in [3.05, 3.63) is 0 Å². The van der Waals surface area contributed by atoms with Gasteiger partial charge in [0.1, 0.15) is 11.8 Å². The van der Waals surface area contributed by atoms with Crippen molar-refractivity contribution in [2.24, 2.45) is 5.92 Å². The first-order valence-corrected chi connectivity index (χ1v) is 3.95. The van der Waals surface area contributed by atoms with Crippen molar-refractivity contribution in [2.75, 3.05) is 6.54 Å². The Labute approximate surface area is 65.4 Å². The molecule has 3 heteroatoms. The number of nitrogens with zero attached hydrogens (tertiary/aromatic N) is 1. The number of carbonyl (C=O) groups excluding carboxylic acids is 2. The van der Waals surface area contributed by atoms with Crippen molar-refractivity contribution >= 4 is 12.2 Å². The van der Waals surface area contributed by atoms with Gasteiger partial charge in [0.15, 0.2) is 0 Å². The Balaban J connectivity index is 2.23. The van der Waals surface area contributed by atoms with Crippen LogP contribution in [0.5, 0.6) is 0 Å². The van der Waals surface area contributed by atoms with E-state index < -0.39 is 0 Å². The molecule has 1 saturated heterocycles. The maximum atomic E-state index is 11.0. The molecule has 2 atom stereocenters. The number of hydrogen-bond acceptors (Lipinski definition) is 2. The molecular weight excluding hydrogens is 142 g/mol. The van der Waals surface area contributed by atoms with Crippen LogP contribution in [0.3, 0.4) is 0 Å². The van der Waals surface area contributed by atoms with Crippen LogP contribution in [0.4, 0.5) is 0 Å². The molecule has 0 spiro atoms. The van der Waals surface area contributed by atoms with Gasteiger partial charge in [0.2, 0.25) is 5.91 Å². The van der Waals surface area contributed by atoms with Gasteiger partial charge in [0.25, 0.3) is 0 Å². The van der Waals surface area contributed by atoms with Gasteiger partial charge >= 0.3 is 0 Å². The van der Waals surface area contributed by atoms with Crippen molar-refractivity contribution in [1.82, 2.24) is 4.90 Å². The van der Waals surface area contributed by atoms with Gasteiger partial charge in [-0.15, -0.1) is 0 Å². The van der Waals surface area contributed by atoms with Crippen molar-refractivity contribution in [3.63, 3.8) is 0 Å². The third kappa shape index (κ3) is 0.682. The molecule has 2 unspecified atom stereocenters. The van der Waals surface area contributed by atoms with Crippen LogP contribution in [0, 0.1) is 5.92 Å². The molecule has 11 heavy (non-hydrogen) atoms. The number of fused-ring (bicyclic) bond motifs is 1. The number of amides is 1. The van der Waals surface area contributed by atoms with E-state index in [1.165, 1.54) is 6.92 Å². The SMILES string of the molecule is CC(=O)N1CCC2CC21C=O. The summed E-state index contributed by atoms with van der Waals surface area (Å²) >= 11 is 0. The second-order valence-electron chi connectivity index (χ2n) is 3.47. The number of carbonyl (C=O) groups is 2. The molecule has 1 aliphatic carbocycles. The number of rotatable bonds is 1. The van der Waals surface area contributed by atoms with E-state index in [0.717, 1.165) is 25.7 Å². The molecule has 1 aliphatic heterocycles. The molecule has 0 aromatic rings. The van der Waals surface area contributed by atoms with Gasteiger partial charge in [-0.3, -0.25) is 4.79 Å². The summed E-state index contributed by atoms with van der Waals surface area (Å²) in [6.07, 6.45) is 2.86. The first-order chi connectivity index (χ1) is 5.20. The lowest BCUT2D eigenvalue weighted by atomic mass is 10.2. The fourth-order valence-electron chi connectivity index (χ4n) is 2.17. The standard InChI is InChI=1S/C8H11NO2/c1-6(11)9-3-2-7-4-8(7,9)5-10/h5,7H,2-4H2,1H3. The molecule has 0 N–H and O–H groups in total. The van der Waals surface area contributed by atoms with Gasteiger partial charge in [0.05, 0.1) is 0 Å². The molecule has 0 radical (unpaired) electrons. The summed E-state index contributed by atoms with van der Waals surface area (Å²) < 4.78 is 0. The molecule has 0 aromatic carbocycles. The van der Waals surface area contributed by atoms with Crippen LogP contribution in [-0.2, 0) is 9.59 Å². The smallest absolute Gasteiger partial charge is 0.220 e. The molecule has 2 fully saturated rings. The van der Waals surface area contributed by atoms with Crippen molar-refractivity contribution in [3.8, 4) is 0 Å². The number of hydrogen-bond donors (Lipinski definition) is 0. The predicted molar refractivity (Wildman–Crippen MR) is 38.9 cm³/mol. The van der Waals surface area contributed by atoms with Crippen LogP contribution in [0.2, 0.25) is 0 Å². The molecule has 1 heterocycles. The highest BCUT2D eigenvalue weighted by atomic mass is 16.2. The Kier molecular flexibility index (Phi) is 1.14. The third-order valence-corrected chi connectivity index (χ3v) is 2.91. The van der Waals surface area contributed by atoms with Gasteiger partial charge in [-0.2, -0.15) is 0 Å². The Bertz CT molecular complexity index is 226. The molecule has 1 saturated carbocycles. The average Bonchev–Trinajstić information content (AvgIpc) is 2.58. The monoisotopic (exact) mass is 153 g/mol. The van der Waals surface area contributed by atoms with Crippen molar-refractivity contribution in [2.45, 2.75) is 25.3 Å². The van der Waals surface area contributed by atoms with Crippen LogP contribution < -0.4 is 0 Å². The second kappa shape index (κ2) is 1.84. The first kappa shape index (κ1) is 6.83. The van der Waals surface area contributed by atoms with Crippen molar-refractivity contribution in [1.29, 1.82) is 0 Å². The molecule has 1 amide bonds. The maximum Gasteiger partial charge on any atom is 0.220 e. The molecular formula is C8H11NO2. The fourth-order valence-corrected chi connectivity index (χ4v) is 2.17. The Morgan fingerprint density at radius 2 is 2.45 bits per heavy atom. The number of aldehydes is 1. The van der Waals surface area contributed by atoms with Crippen LogP contribution in [-0.4, -0.2) is 29.2 Å². The number of piperidine rings is 1. The van der Waals surface area contributed by atoms with Crippen LogP contribution in [0.1, 0.15) is 19.8 Å². The molecule has 0 bridgehead atoms. The molecule has 0 aromatic heterocycles. The van der Waals surface area contributed by atoms with Gasteiger partial charge in [0, 0.05) is 13.5 Å². The molecule has 3 nitrogen and oxygen atoms in total. The van der Waals surface area contributed by atoms with Crippen LogP contribution >= 0.6 is 0 Å². The summed E-state index contributed by atoms with van der Waals surface area (Å²) in [5, 5.41) is 0. The van der Waals surface area contributed by atoms with E-state index in [1.807, 2.05) is 0 Å². The van der Waals surface area contributed by atoms with E-state index in [0.29, 0.717) is 5.92 Å². The van der Waals surface area contributed by atoms with Gasteiger partial charge in [-0.25, -0.2) is 0 Å². The average molecular weight is 153 g/mol. The van der Waals surface area contributed by atoms with Gasteiger partial charge < -0.3 is 9.69 Å². The Morgan fingerprint density at radius 3 is 2.82 bits per heavy atom. The van der Waals surface area contributed by atoms with Crippen LogP contribution in [0.25, 0.3) is 0 Å². The zero-order chi connectivity index (χ0) is 8.06. The zero-order valence-electron chi connectivity index (χ0n) is 6.54. The van der Waals surface area contributed by atoms with E-state index in [9.17, 15) is 9.59 Å². The normalized spacial score (nSPS) is 40.1. The minimum atomic E-state index is -0.355. The lowest BCUT2D eigenvalue weighted by molar-refractivity contribution is -0.134. The van der Waals surface area contributed by atoms with E-state index in [2.05, 4.69) is 0 Å². The Hall–Kier alpha value is -0.860. The zero-order valence-corrected chi connectivity index (χ0v) is 6.54. The summed E-state index contributed by atoms with van der Waals surface area (Å²) in [6.45, 7) is 2.31. The highest BCUT2D eigenvalue weighted by Crippen LogP contribution is 2.53. The highest BCUT2D eigenvalue weighted by Gasteiger charge is 2.63. The summed E-state index contributed by atoms with van der Waals surface area (Å²) in [7, 11) is 0. The molecule has 2 rings (SSSR count). The van der Waals surface area contributed by atoms with Crippen LogP contribution in [0.15, 0.2) is 0 Å². The largest absolute Gasteiger partial charge is 0.330 e. The lowest BCUT2D eigenvalue weighted by Crippen LogP contribution is -2.39. The molecule has 2 aliphatic rings. The Morgan fingerprint density at radius 1 is 1.73 bits per heavy atom. The summed E-state index contributed by atoms with van der Waals surface area (Å²) in [6, 6.07) is 0. The minimum Gasteiger partial charge on any atom is -0.330 e. The summed E-state index contributed by atoms with van der Waals surface area (Å²) in [5.41, 5.74) is -0.355. The maximum absolute atomic E-state index is 11.0. The quantitative estimate of drug-likeness (QED) is 0.504. The predicted octanol–water partition coefficient (Wildman–Crippen LogP) is 0.196.